The van der Waals surface area contributed by atoms with E-state index in [0.717, 1.165) is 11.5 Å². The molecule has 0 aliphatic carbocycles. The van der Waals surface area contributed by atoms with Gasteiger partial charge in [0.25, 0.3) is 0 Å². The van der Waals surface area contributed by atoms with Crippen molar-refractivity contribution in [3.63, 3.8) is 0 Å². The molecule has 1 aromatic rings. The first-order valence-electron chi connectivity index (χ1n) is 4.98. The second-order valence-electron chi connectivity index (χ2n) is 3.38. The lowest BCUT2D eigenvalue weighted by molar-refractivity contribution is 0.00173. The van der Waals surface area contributed by atoms with Crippen molar-refractivity contribution in [3.05, 3.63) is 54.2 Å². The van der Waals surface area contributed by atoms with Crippen molar-refractivity contribution in [3.8, 4) is 0 Å². The first-order valence-corrected chi connectivity index (χ1v) is 4.98. The summed E-state index contributed by atoms with van der Waals surface area (Å²) in [5, 5.41) is 3.14. The summed E-state index contributed by atoms with van der Waals surface area (Å²) in [5.41, 5.74) is 0.0397. The van der Waals surface area contributed by atoms with Gasteiger partial charge in [-0.3, -0.25) is 4.98 Å². The van der Waals surface area contributed by atoms with Crippen molar-refractivity contribution < 1.29 is 9.47 Å². The van der Waals surface area contributed by atoms with Crippen molar-refractivity contribution in [2.75, 3.05) is 14.2 Å². The number of ether oxygens (including phenoxy) is 2. The molecule has 0 saturated heterocycles. The van der Waals surface area contributed by atoms with Gasteiger partial charge in [0.2, 0.25) is 5.72 Å². The highest BCUT2D eigenvalue weighted by atomic mass is 16.5. The van der Waals surface area contributed by atoms with Crippen molar-refractivity contribution in [2.45, 2.75) is 5.72 Å². The molecular formula is C12H14N2O2. The SMILES string of the molecule is COC1=CC(OC)(c2ccccn2)NC=C1. The molecule has 0 aromatic carbocycles. The minimum absolute atomic E-state index is 0.742. The van der Waals surface area contributed by atoms with Crippen LogP contribution in [0.4, 0.5) is 0 Å². The molecule has 0 amide bonds. The van der Waals surface area contributed by atoms with Gasteiger partial charge < -0.3 is 14.8 Å². The molecule has 0 fully saturated rings. The Labute approximate surface area is 94.6 Å². The lowest BCUT2D eigenvalue weighted by atomic mass is 10.1. The molecule has 84 valence electrons. The van der Waals surface area contributed by atoms with E-state index < -0.39 is 5.72 Å². The monoisotopic (exact) mass is 218 g/mol. The van der Waals surface area contributed by atoms with Gasteiger partial charge >= 0.3 is 0 Å². The second kappa shape index (κ2) is 4.37. The minimum Gasteiger partial charge on any atom is -0.497 e. The topological polar surface area (TPSA) is 43.4 Å². The van der Waals surface area contributed by atoms with Gasteiger partial charge in [-0.15, -0.1) is 0 Å². The number of rotatable bonds is 3. The molecule has 0 saturated carbocycles. The number of hydrogen-bond donors (Lipinski definition) is 1. The lowest BCUT2D eigenvalue weighted by Gasteiger charge is -2.31. The molecule has 1 unspecified atom stereocenters. The molecule has 4 heteroatoms. The number of nitrogens with zero attached hydrogens (tertiary/aromatic N) is 1. The van der Waals surface area contributed by atoms with E-state index in [1.54, 1.807) is 26.6 Å². The molecule has 1 atom stereocenters. The van der Waals surface area contributed by atoms with Crippen LogP contribution in [0.2, 0.25) is 0 Å². The molecule has 2 heterocycles. The van der Waals surface area contributed by atoms with E-state index in [2.05, 4.69) is 10.3 Å². The minimum atomic E-state index is -0.749. The van der Waals surface area contributed by atoms with Gasteiger partial charge in [-0.05, 0) is 18.2 Å². The molecule has 0 spiro atoms. The Kier molecular flexibility index (Phi) is 2.92. The number of nitrogens with one attached hydrogen (secondary N) is 1. The van der Waals surface area contributed by atoms with Gasteiger partial charge in [0.15, 0.2) is 0 Å². The smallest absolute Gasteiger partial charge is 0.204 e. The van der Waals surface area contributed by atoms with Crippen molar-refractivity contribution in [2.24, 2.45) is 0 Å². The average molecular weight is 218 g/mol. The predicted molar refractivity (Wildman–Crippen MR) is 60.3 cm³/mol. The van der Waals surface area contributed by atoms with Crippen LogP contribution in [0.15, 0.2) is 48.5 Å². The van der Waals surface area contributed by atoms with E-state index in [1.165, 1.54) is 0 Å². The van der Waals surface area contributed by atoms with Crippen LogP contribution in [-0.4, -0.2) is 19.2 Å². The molecule has 1 aliphatic heterocycles. The third kappa shape index (κ3) is 1.79. The van der Waals surface area contributed by atoms with Crippen LogP contribution in [-0.2, 0) is 15.2 Å². The third-order valence-electron chi connectivity index (χ3n) is 2.49. The average Bonchev–Trinajstić information content (AvgIpc) is 2.39. The molecule has 4 nitrogen and oxygen atoms in total. The Morgan fingerprint density at radius 1 is 1.31 bits per heavy atom. The molecule has 16 heavy (non-hydrogen) atoms. The van der Waals surface area contributed by atoms with Gasteiger partial charge in [0, 0.05) is 25.6 Å². The maximum absolute atomic E-state index is 5.52. The van der Waals surface area contributed by atoms with Crippen LogP contribution in [0.5, 0.6) is 0 Å². The number of hydrogen-bond acceptors (Lipinski definition) is 4. The number of pyridine rings is 1. The highest BCUT2D eigenvalue weighted by molar-refractivity contribution is 5.29. The summed E-state index contributed by atoms with van der Waals surface area (Å²) in [4.78, 5) is 4.29. The fourth-order valence-electron chi connectivity index (χ4n) is 1.62. The molecule has 0 bridgehead atoms. The summed E-state index contributed by atoms with van der Waals surface area (Å²) >= 11 is 0. The first kappa shape index (κ1) is 10.7. The van der Waals surface area contributed by atoms with E-state index in [1.807, 2.05) is 30.4 Å². The summed E-state index contributed by atoms with van der Waals surface area (Å²) in [6.45, 7) is 0. The normalized spacial score (nSPS) is 23.5. The van der Waals surface area contributed by atoms with E-state index in [4.69, 9.17) is 9.47 Å². The molecule has 0 radical (unpaired) electrons. The summed E-state index contributed by atoms with van der Waals surface area (Å²) < 4.78 is 10.7. The zero-order chi connectivity index (χ0) is 11.4. The molecule has 1 aromatic heterocycles. The van der Waals surface area contributed by atoms with Gasteiger partial charge in [-0.2, -0.15) is 0 Å². The Balaban J connectivity index is 2.41. The zero-order valence-corrected chi connectivity index (χ0v) is 9.31. The van der Waals surface area contributed by atoms with Crippen molar-refractivity contribution >= 4 is 0 Å². The molecule has 2 rings (SSSR count). The summed E-state index contributed by atoms with van der Waals surface area (Å²) in [5.74, 6) is 0.742. The Morgan fingerprint density at radius 2 is 2.19 bits per heavy atom. The molecule has 1 N–H and O–H groups in total. The number of dihydropyridines is 1. The van der Waals surface area contributed by atoms with Gasteiger partial charge in [0.05, 0.1) is 12.8 Å². The van der Waals surface area contributed by atoms with Crippen LogP contribution in [0, 0.1) is 0 Å². The first-order chi connectivity index (χ1) is 7.80. The zero-order valence-electron chi connectivity index (χ0n) is 9.31. The number of methoxy groups -OCH3 is 2. The van der Waals surface area contributed by atoms with E-state index in [0.29, 0.717) is 0 Å². The van der Waals surface area contributed by atoms with Crippen molar-refractivity contribution in [1.82, 2.24) is 10.3 Å². The van der Waals surface area contributed by atoms with E-state index in [9.17, 15) is 0 Å². The maximum atomic E-state index is 5.52. The van der Waals surface area contributed by atoms with Crippen LogP contribution < -0.4 is 5.32 Å². The summed E-state index contributed by atoms with van der Waals surface area (Å²) in [6, 6.07) is 5.69. The lowest BCUT2D eigenvalue weighted by Crippen LogP contribution is -2.42. The van der Waals surface area contributed by atoms with Crippen LogP contribution in [0.3, 0.4) is 0 Å². The van der Waals surface area contributed by atoms with Crippen molar-refractivity contribution in [1.29, 1.82) is 0 Å². The highest BCUT2D eigenvalue weighted by Crippen LogP contribution is 2.26. The fraction of sp³-hybridized carbons (Fsp3) is 0.250. The highest BCUT2D eigenvalue weighted by Gasteiger charge is 2.32. The summed E-state index contributed by atoms with van der Waals surface area (Å²) in [6.07, 6.45) is 7.21. The van der Waals surface area contributed by atoms with Gasteiger partial charge in [-0.1, -0.05) is 6.07 Å². The van der Waals surface area contributed by atoms with Crippen LogP contribution >= 0.6 is 0 Å². The maximum Gasteiger partial charge on any atom is 0.204 e. The van der Waals surface area contributed by atoms with Crippen LogP contribution in [0.25, 0.3) is 0 Å². The Bertz CT molecular complexity index is 414. The standard InChI is InChI=1S/C12H14N2O2/c1-15-10-6-8-14-12(9-10,16-2)11-5-3-4-7-13-11/h3-9,14H,1-2H3. The van der Waals surface area contributed by atoms with E-state index in [-0.39, 0.29) is 0 Å². The quantitative estimate of drug-likeness (QED) is 0.835. The fourth-order valence-corrected chi connectivity index (χ4v) is 1.62. The Morgan fingerprint density at radius 3 is 2.81 bits per heavy atom. The third-order valence-corrected chi connectivity index (χ3v) is 2.49. The molecular weight excluding hydrogens is 204 g/mol. The number of allylic oxidation sites excluding steroid dienone is 1. The predicted octanol–water partition coefficient (Wildman–Crippen LogP) is 1.53. The van der Waals surface area contributed by atoms with E-state index >= 15 is 0 Å². The summed E-state index contributed by atoms with van der Waals surface area (Å²) in [7, 11) is 3.25. The van der Waals surface area contributed by atoms with Gasteiger partial charge in [-0.25, -0.2) is 0 Å². The second-order valence-corrected chi connectivity index (χ2v) is 3.38. The molecule has 1 aliphatic rings. The van der Waals surface area contributed by atoms with Crippen LogP contribution in [0.1, 0.15) is 5.69 Å². The Hall–Kier alpha value is -1.81. The van der Waals surface area contributed by atoms with Gasteiger partial charge in [0.1, 0.15) is 5.76 Å². The largest absolute Gasteiger partial charge is 0.497 e. The number of aromatic nitrogens is 1.